The van der Waals surface area contributed by atoms with Crippen LogP contribution in [0.1, 0.15) is 6.42 Å². The highest BCUT2D eigenvalue weighted by Gasteiger charge is 2.35. The summed E-state index contributed by atoms with van der Waals surface area (Å²) < 4.78 is 0. The Labute approximate surface area is 74.9 Å². The first kappa shape index (κ1) is 9.94. The number of carbonyl (C=O) groups excluding carboxylic acids is 1. The Morgan fingerprint density at radius 2 is 2.38 bits per heavy atom. The third-order valence-electron chi connectivity index (χ3n) is 2.02. The number of likely N-dealkylation sites (tertiary alicyclic amines) is 1. The zero-order valence-electron chi connectivity index (χ0n) is 7.01. The van der Waals surface area contributed by atoms with Crippen LogP contribution in [-0.2, 0) is 9.59 Å². The second-order valence-corrected chi connectivity index (χ2v) is 3.05. The Morgan fingerprint density at radius 1 is 1.77 bits per heavy atom. The van der Waals surface area contributed by atoms with Crippen molar-refractivity contribution < 1.29 is 19.8 Å². The first-order chi connectivity index (χ1) is 6.06. The molecule has 1 aliphatic rings. The molecule has 1 heterocycles. The summed E-state index contributed by atoms with van der Waals surface area (Å²) in [6.07, 6.45) is 0.157. The van der Waals surface area contributed by atoms with Crippen molar-refractivity contribution in [3.05, 3.63) is 0 Å². The first-order valence-corrected chi connectivity index (χ1v) is 3.95. The number of amides is 1. The van der Waals surface area contributed by atoms with E-state index < -0.39 is 18.6 Å². The quantitative estimate of drug-likeness (QED) is 0.475. The molecule has 13 heavy (non-hydrogen) atoms. The molecule has 0 spiro atoms. The van der Waals surface area contributed by atoms with Crippen LogP contribution in [0.5, 0.6) is 0 Å². The largest absolute Gasteiger partial charge is 0.480 e. The van der Waals surface area contributed by atoms with E-state index in [0.717, 1.165) is 4.90 Å². The van der Waals surface area contributed by atoms with Crippen molar-refractivity contribution in [3.8, 4) is 0 Å². The highest BCUT2D eigenvalue weighted by atomic mass is 16.4. The van der Waals surface area contributed by atoms with Gasteiger partial charge in [-0.1, -0.05) is 0 Å². The van der Waals surface area contributed by atoms with E-state index >= 15 is 0 Å². The summed E-state index contributed by atoms with van der Waals surface area (Å²) in [6.45, 7) is -0.371. The summed E-state index contributed by atoms with van der Waals surface area (Å²) in [5.74, 6) is -1.51. The second kappa shape index (κ2) is 3.71. The minimum atomic E-state index is -1.20. The van der Waals surface area contributed by atoms with Gasteiger partial charge in [0, 0.05) is 19.0 Å². The van der Waals surface area contributed by atoms with Crippen molar-refractivity contribution in [2.24, 2.45) is 5.73 Å². The maximum absolute atomic E-state index is 11.2. The fourth-order valence-corrected chi connectivity index (χ4v) is 1.37. The molecule has 0 aromatic carbocycles. The van der Waals surface area contributed by atoms with E-state index in [4.69, 9.17) is 15.9 Å². The van der Waals surface area contributed by atoms with Crippen LogP contribution in [0, 0.1) is 0 Å². The molecule has 6 nitrogen and oxygen atoms in total. The van der Waals surface area contributed by atoms with Crippen LogP contribution in [0.2, 0.25) is 0 Å². The van der Waals surface area contributed by atoms with Crippen molar-refractivity contribution >= 4 is 11.9 Å². The van der Waals surface area contributed by atoms with Crippen molar-refractivity contribution in [2.75, 3.05) is 13.2 Å². The van der Waals surface area contributed by atoms with Gasteiger partial charge in [-0.3, -0.25) is 4.79 Å². The van der Waals surface area contributed by atoms with Gasteiger partial charge in [-0.15, -0.1) is 0 Å². The van der Waals surface area contributed by atoms with E-state index in [-0.39, 0.29) is 24.9 Å². The van der Waals surface area contributed by atoms with E-state index in [1.165, 1.54) is 0 Å². The number of rotatable bonds is 3. The molecule has 2 unspecified atom stereocenters. The standard InChI is InChI=1S/C7H12N2O4/c8-4-1-6(11)9(2-4)5(3-10)7(12)13/h4-5,10H,1-3,8H2,(H,12,13). The molecule has 0 saturated carbocycles. The monoisotopic (exact) mass is 188 g/mol. The molecule has 0 radical (unpaired) electrons. The van der Waals surface area contributed by atoms with Crippen LogP contribution in [-0.4, -0.2) is 52.2 Å². The number of aliphatic hydroxyl groups is 1. The molecule has 1 amide bonds. The number of aliphatic carboxylic acids is 1. The Balaban J connectivity index is 2.69. The normalized spacial score (nSPS) is 24.9. The lowest BCUT2D eigenvalue weighted by Gasteiger charge is -2.22. The van der Waals surface area contributed by atoms with Crippen molar-refractivity contribution in [3.63, 3.8) is 0 Å². The van der Waals surface area contributed by atoms with Gasteiger partial charge >= 0.3 is 5.97 Å². The lowest BCUT2D eigenvalue weighted by atomic mass is 10.3. The first-order valence-electron chi connectivity index (χ1n) is 3.95. The van der Waals surface area contributed by atoms with Crippen LogP contribution >= 0.6 is 0 Å². The molecule has 6 heteroatoms. The van der Waals surface area contributed by atoms with Gasteiger partial charge in [0.15, 0.2) is 6.04 Å². The summed E-state index contributed by atoms with van der Waals surface area (Å²) in [4.78, 5) is 22.8. The third kappa shape index (κ3) is 1.96. The average molecular weight is 188 g/mol. The molecule has 1 rings (SSSR count). The molecule has 74 valence electrons. The Morgan fingerprint density at radius 3 is 2.69 bits per heavy atom. The van der Waals surface area contributed by atoms with Gasteiger partial charge in [-0.25, -0.2) is 4.79 Å². The van der Waals surface area contributed by atoms with Crippen molar-refractivity contribution in [2.45, 2.75) is 18.5 Å². The van der Waals surface area contributed by atoms with Crippen molar-refractivity contribution in [1.29, 1.82) is 0 Å². The topological polar surface area (TPSA) is 104 Å². The van der Waals surface area contributed by atoms with Crippen molar-refractivity contribution in [1.82, 2.24) is 4.90 Å². The minimum absolute atomic E-state index is 0.157. The van der Waals surface area contributed by atoms with E-state index in [1.807, 2.05) is 0 Å². The number of carbonyl (C=O) groups is 2. The third-order valence-corrected chi connectivity index (χ3v) is 2.02. The van der Waals surface area contributed by atoms with Crippen LogP contribution < -0.4 is 5.73 Å². The molecular weight excluding hydrogens is 176 g/mol. The predicted molar refractivity (Wildman–Crippen MR) is 42.8 cm³/mol. The number of aliphatic hydroxyl groups excluding tert-OH is 1. The number of hydrogen-bond acceptors (Lipinski definition) is 4. The van der Waals surface area contributed by atoms with Gasteiger partial charge in [0.05, 0.1) is 6.61 Å². The maximum Gasteiger partial charge on any atom is 0.328 e. The smallest absolute Gasteiger partial charge is 0.328 e. The average Bonchev–Trinajstić information content (AvgIpc) is 2.31. The molecular formula is C7H12N2O4. The van der Waals surface area contributed by atoms with Gasteiger partial charge in [0.1, 0.15) is 0 Å². The minimum Gasteiger partial charge on any atom is -0.480 e. The number of carboxylic acids is 1. The Kier molecular flexibility index (Phi) is 2.84. The number of nitrogens with zero attached hydrogens (tertiary/aromatic N) is 1. The maximum atomic E-state index is 11.2. The molecule has 1 saturated heterocycles. The van der Waals surface area contributed by atoms with E-state index in [9.17, 15) is 9.59 Å². The summed E-state index contributed by atoms with van der Waals surface area (Å²) >= 11 is 0. The van der Waals surface area contributed by atoms with Gasteiger partial charge in [0.25, 0.3) is 0 Å². The fourth-order valence-electron chi connectivity index (χ4n) is 1.37. The summed E-state index contributed by atoms with van der Waals surface area (Å²) in [7, 11) is 0. The van der Waals surface area contributed by atoms with E-state index in [2.05, 4.69) is 0 Å². The van der Waals surface area contributed by atoms with Gasteiger partial charge in [-0.2, -0.15) is 0 Å². The van der Waals surface area contributed by atoms with E-state index in [1.54, 1.807) is 0 Å². The zero-order valence-corrected chi connectivity index (χ0v) is 7.01. The van der Waals surface area contributed by atoms with Crippen LogP contribution in [0.15, 0.2) is 0 Å². The fraction of sp³-hybridized carbons (Fsp3) is 0.714. The number of nitrogens with two attached hydrogens (primary N) is 1. The Bertz CT molecular complexity index is 231. The molecule has 0 aliphatic carbocycles. The molecule has 1 fully saturated rings. The number of hydrogen-bond donors (Lipinski definition) is 3. The van der Waals surface area contributed by atoms with Crippen LogP contribution in [0.3, 0.4) is 0 Å². The number of carboxylic acid groups (broad SMARTS) is 1. The van der Waals surface area contributed by atoms with E-state index in [0.29, 0.717) is 0 Å². The molecule has 0 aromatic rings. The molecule has 0 bridgehead atoms. The van der Waals surface area contributed by atoms with Crippen LogP contribution in [0.4, 0.5) is 0 Å². The molecule has 0 aromatic heterocycles. The lowest BCUT2D eigenvalue weighted by molar-refractivity contribution is -0.149. The van der Waals surface area contributed by atoms with Gasteiger partial charge in [-0.05, 0) is 0 Å². The highest BCUT2D eigenvalue weighted by molar-refractivity contribution is 5.85. The summed E-state index contributed by atoms with van der Waals surface area (Å²) in [5.41, 5.74) is 5.47. The second-order valence-electron chi connectivity index (χ2n) is 3.05. The molecule has 1 aliphatic heterocycles. The summed E-state index contributed by atoms with van der Waals surface area (Å²) in [5, 5.41) is 17.4. The molecule has 4 N–H and O–H groups in total. The molecule has 2 atom stereocenters. The zero-order chi connectivity index (χ0) is 10.0. The Hall–Kier alpha value is -1.14. The van der Waals surface area contributed by atoms with Gasteiger partial charge in [0.2, 0.25) is 5.91 Å². The SMILES string of the molecule is NC1CC(=O)N(C(CO)C(=O)O)C1. The predicted octanol–water partition coefficient (Wildman–Crippen LogP) is -2.01. The van der Waals surface area contributed by atoms with Gasteiger partial charge < -0.3 is 20.8 Å². The van der Waals surface area contributed by atoms with Crippen LogP contribution in [0.25, 0.3) is 0 Å². The highest BCUT2D eigenvalue weighted by Crippen LogP contribution is 2.12. The lowest BCUT2D eigenvalue weighted by Crippen LogP contribution is -2.45. The summed E-state index contributed by atoms with van der Waals surface area (Å²) in [6, 6.07) is -1.47.